The first-order chi connectivity index (χ1) is 18.5. The van der Waals surface area contributed by atoms with E-state index in [1.165, 1.54) is 17.5 Å². The number of carbonyl (C=O) groups is 2. The summed E-state index contributed by atoms with van der Waals surface area (Å²) in [5.74, 6) is 0.127. The summed E-state index contributed by atoms with van der Waals surface area (Å²) in [6.45, 7) is 4.31. The van der Waals surface area contributed by atoms with Gasteiger partial charge < -0.3 is 15.0 Å². The number of ether oxygens (including phenoxy) is 1. The van der Waals surface area contributed by atoms with E-state index in [-0.39, 0.29) is 37.2 Å². The van der Waals surface area contributed by atoms with Gasteiger partial charge in [-0.1, -0.05) is 55.6 Å². The van der Waals surface area contributed by atoms with Crippen molar-refractivity contribution < 1.29 is 22.7 Å². The number of nitrogens with zero attached hydrogens (tertiary/aromatic N) is 2. The fraction of sp³-hybridized carbons (Fsp3) is 0.517. The summed E-state index contributed by atoms with van der Waals surface area (Å²) >= 11 is 6.24. The first-order valence-electron chi connectivity index (χ1n) is 13.5. The lowest BCUT2D eigenvalue weighted by molar-refractivity contribution is -0.141. The van der Waals surface area contributed by atoms with Crippen LogP contribution in [0.4, 0.5) is 5.69 Å². The number of hydrogen-bond donors (Lipinski definition) is 1. The molecule has 1 aliphatic carbocycles. The molecule has 0 unspecified atom stereocenters. The molecule has 1 fully saturated rings. The lowest BCUT2D eigenvalue weighted by atomic mass is 10.0. The van der Waals surface area contributed by atoms with Crippen molar-refractivity contribution in [3.8, 4) is 5.75 Å². The van der Waals surface area contributed by atoms with Crippen LogP contribution < -0.4 is 14.4 Å². The standard InChI is InChI=1S/C29H40ClN3O5S/c1-5-26(29(35)31-23-13-8-9-14-23)32(20-22-12-7-6-11-21(22)2)28(34)15-10-18-33(39(4,36)37)24-16-17-27(38-3)25(30)19-24/h6-7,11-12,16-17,19,23,26H,5,8-10,13-15,18,20H2,1-4H3,(H,31,35)/t26-/m1/s1. The van der Waals surface area contributed by atoms with Crippen LogP contribution in [0, 0.1) is 6.92 Å². The van der Waals surface area contributed by atoms with Gasteiger partial charge in [0.15, 0.2) is 0 Å². The minimum absolute atomic E-state index is 0.0923. The van der Waals surface area contributed by atoms with E-state index in [1.54, 1.807) is 17.0 Å². The van der Waals surface area contributed by atoms with Gasteiger partial charge in [0.25, 0.3) is 0 Å². The Morgan fingerprint density at radius 2 is 1.85 bits per heavy atom. The molecular weight excluding hydrogens is 538 g/mol. The first-order valence-corrected chi connectivity index (χ1v) is 15.7. The van der Waals surface area contributed by atoms with Gasteiger partial charge >= 0.3 is 0 Å². The number of methoxy groups -OCH3 is 1. The van der Waals surface area contributed by atoms with Crippen molar-refractivity contribution >= 4 is 39.1 Å². The molecule has 0 bridgehead atoms. The Morgan fingerprint density at radius 3 is 2.44 bits per heavy atom. The van der Waals surface area contributed by atoms with Gasteiger partial charge in [0.05, 0.1) is 24.1 Å². The molecule has 8 nitrogen and oxygen atoms in total. The number of amides is 2. The molecule has 10 heteroatoms. The number of carbonyl (C=O) groups excluding carboxylic acids is 2. The summed E-state index contributed by atoms with van der Waals surface area (Å²) in [6.07, 6.45) is 6.10. The summed E-state index contributed by atoms with van der Waals surface area (Å²) in [5, 5.41) is 3.45. The molecule has 0 radical (unpaired) electrons. The number of hydrogen-bond acceptors (Lipinski definition) is 5. The Labute approximate surface area is 237 Å². The highest BCUT2D eigenvalue weighted by Gasteiger charge is 2.31. The molecule has 2 aromatic carbocycles. The van der Waals surface area contributed by atoms with Crippen LogP contribution in [0.15, 0.2) is 42.5 Å². The second kappa shape index (κ2) is 14.0. The van der Waals surface area contributed by atoms with Crippen molar-refractivity contribution in [2.75, 3.05) is 24.2 Å². The minimum atomic E-state index is -3.63. The van der Waals surface area contributed by atoms with Gasteiger partial charge in [0.2, 0.25) is 21.8 Å². The molecule has 0 aromatic heterocycles. The van der Waals surface area contributed by atoms with Crippen LogP contribution >= 0.6 is 11.6 Å². The van der Waals surface area contributed by atoms with Crippen molar-refractivity contribution in [2.45, 2.75) is 77.4 Å². The quantitative estimate of drug-likeness (QED) is 0.358. The number of nitrogens with one attached hydrogen (secondary N) is 1. The average molecular weight is 578 g/mol. The van der Waals surface area contributed by atoms with Crippen LogP contribution in [0.3, 0.4) is 0 Å². The number of anilines is 1. The number of benzene rings is 2. The van der Waals surface area contributed by atoms with E-state index in [9.17, 15) is 18.0 Å². The number of rotatable bonds is 13. The van der Waals surface area contributed by atoms with Crippen molar-refractivity contribution in [3.05, 3.63) is 58.6 Å². The van der Waals surface area contributed by atoms with Gasteiger partial charge in [-0.3, -0.25) is 13.9 Å². The average Bonchev–Trinajstić information content (AvgIpc) is 3.39. The van der Waals surface area contributed by atoms with Gasteiger partial charge in [-0.2, -0.15) is 0 Å². The molecule has 1 N–H and O–H groups in total. The SMILES string of the molecule is CC[C@H](C(=O)NC1CCCC1)N(Cc1ccccc1C)C(=O)CCCN(c1ccc(OC)c(Cl)c1)S(C)(=O)=O. The topological polar surface area (TPSA) is 96.0 Å². The fourth-order valence-electron chi connectivity index (χ4n) is 5.07. The third-order valence-corrected chi connectivity index (χ3v) is 8.75. The lowest BCUT2D eigenvalue weighted by Crippen LogP contribution is -2.51. The van der Waals surface area contributed by atoms with Gasteiger partial charge in [0.1, 0.15) is 11.8 Å². The highest BCUT2D eigenvalue weighted by molar-refractivity contribution is 7.92. The Kier molecular flexibility index (Phi) is 11.1. The molecule has 2 amide bonds. The normalized spacial score (nSPS) is 14.6. The van der Waals surface area contributed by atoms with Gasteiger partial charge in [-0.05, 0) is 61.9 Å². The molecule has 39 heavy (non-hydrogen) atoms. The molecule has 214 valence electrons. The van der Waals surface area contributed by atoms with E-state index < -0.39 is 16.1 Å². The summed E-state index contributed by atoms with van der Waals surface area (Å²) in [6, 6.07) is 12.1. The Balaban J connectivity index is 1.77. The summed E-state index contributed by atoms with van der Waals surface area (Å²) in [5.41, 5.74) is 2.42. The number of sulfonamides is 1. The summed E-state index contributed by atoms with van der Waals surface area (Å²) < 4.78 is 31.6. The smallest absolute Gasteiger partial charge is 0.243 e. The fourth-order valence-corrected chi connectivity index (χ4v) is 6.28. The third-order valence-electron chi connectivity index (χ3n) is 7.26. The van der Waals surface area contributed by atoms with Crippen molar-refractivity contribution in [3.63, 3.8) is 0 Å². The van der Waals surface area contributed by atoms with Gasteiger partial charge in [0, 0.05) is 25.6 Å². The van der Waals surface area contributed by atoms with Crippen LogP contribution in [0.1, 0.15) is 63.0 Å². The van der Waals surface area contributed by atoms with Crippen molar-refractivity contribution in [1.82, 2.24) is 10.2 Å². The predicted octanol–water partition coefficient (Wildman–Crippen LogP) is 5.07. The zero-order valence-corrected chi connectivity index (χ0v) is 24.9. The Morgan fingerprint density at radius 1 is 1.15 bits per heavy atom. The summed E-state index contributed by atoms with van der Waals surface area (Å²) in [7, 11) is -2.14. The van der Waals surface area contributed by atoms with E-state index >= 15 is 0 Å². The van der Waals surface area contributed by atoms with Crippen LogP contribution in [-0.4, -0.2) is 57.1 Å². The molecular formula is C29H40ClN3O5S. The molecule has 0 saturated heterocycles. The molecule has 0 heterocycles. The highest BCUT2D eigenvalue weighted by atomic mass is 35.5. The molecule has 1 saturated carbocycles. The van der Waals surface area contributed by atoms with Gasteiger partial charge in [-0.15, -0.1) is 0 Å². The maximum atomic E-state index is 13.6. The Hall–Kier alpha value is -2.78. The number of aryl methyl sites for hydroxylation is 1. The zero-order chi connectivity index (χ0) is 28.6. The second-order valence-electron chi connectivity index (χ2n) is 10.1. The lowest BCUT2D eigenvalue weighted by Gasteiger charge is -2.32. The van der Waals surface area contributed by atoms with E-state index in [0.29, 0.717) is 29.4 Å². The predicted molar refractivity (Wildman–Crippen MR) is 156 cm³/mol. The molecule has 3 rings (SSSR count). The van der Waals surface area contributed by atoms with Crippen molar-refractivity contribution in [1.29, 1.82) is 0 Å². The monoisotopic (exact) mass is 577 g/mol. The highest BCUT2D eigenvalue weighted by Crippen LogP contribution is 2.30. The number of halogens is 1. The molecule has 0 spiro atoms. The molecule has 2 aromatic rings. The second-order valence-corrected chi connectivity index (χ2v) is 12.4. The van der Waals surface area contributed by atoms with Crippen LogP contribution in [0.5, 0.6) is 5.75 Å². The van der Waals surface area contributed by atoms with E-state index in [2.05, 4.69) is 5.32 Å². The van der Waals surface area contributed by atoms with Crippen LogP contribution in [0.2, 0.25) is 5.02 Å². The maximum Gasteiger partial charge on any atom is 0.243 e. The third kappa shape index (κ3) is 8.35. The van der Waals surface area contributed by atoms with E-state index in [0.717, 1.165) is 43.1 Å². The van der Waals surface area contributed by atoms with E-state index in [1.807, 2.05) is 38.1 Å². The van der Waals surface area contributed by atoms with Crippen LogP contribution in [-0.2, 0) is 26.2 Å². The summed E-state index contributed by atoms with van der Waals surface area (Å²) in [4.78, 5) is 28.6. The molecule has 1 aliphatic rings. The van der Waals surface area contributed by atoms with E-state index in [4.69, 9.17) is 16.3 Å². The van der Waals surface area contributed by atoms with Crippen LogP contribution in [0.25, 0.3) is 0 Å². The minimum Gasteiger partial charge on any atom is -0.495 e. The van der Waals surface area contributed by atoms with Crippen molar-refractivity contribution in [2.24, 2.45) is 0 Å². The molecule has 0 aliphatic heterocycles. The zero-order valence-electron chi connectivity index (χ0n) is 23.3. The first kappa shape index (κ1) is 30.8. The van der Waals surface area contributed by atoms with Gasteiger partial charge in [-0.25, -0.2) is 8.42 Å². The largest absolute Gasteiger partial charge is 0.495 e. The maximum absolute atomic E-state index is 13.6. The molecule has 1 atom stereocenters. The Bertz CT molecular complexity index is 1250.